The molecule has 0 aliphatic carbocycles. The van der Waals surface area contributed by atoms with E-state index in [0.29, 0.717) is 11.5 Å². The lowest BCUT2D eigenvalue weighted by Crippen LogP contribution is -2.20. The van der Waals surface area contributed by atoms with Gasteiger partial charge in [0.05, 0.1) is 12.6 Å². The molecule has 2 aromatic carbocycles. The van der Waals surface area contributed by atoms with Gasteiger partial charge >= 0.3 is 0 Å². The number of benzene rings is 2. The van der Waals surface area contributed by atoms with Crippen LogP contribution in [-0.4, -0.2) is 24.6 Å². The number of carbonyl (C=O) groups is 1. The van der Waals surface area contributed by atoms with Gasteiger partial charge in [-0.1, -0.05) is 17.7 Å². The highest BCUT2D eigenvalue weighted by Crippen LogP contribution is 2.29. The molecule has 26 heavy (non-hydrogen) atoms. The van der Waals surface area contributed by atoms with Crippen molar-refractivity contribution in [2.24, 2.45) is 0 Å². The molecule has 1 heterocycles. The number of hydrogen-bond donors (Lipinski definition) is 1. The maximum Gasteiger partial charge on any atom is 0.262 e. The summed E-state index contributed by atoms with van der Waals surface area (Å²) in [6, 6.07) is 13.3. The van der Waals surface area contributed by atoms with E-state index in [-0.39, 0.29) is 12.5 Å². The van der Waals surface area contributed by atoms with E-state index < -0.39 is 0 Å². The van der Waals surface area contributed by atoms with Crippen molar-refractivity contribution >= 4 is 22.5 Å². The molecule has 5 nitrogen and oxygen atoms in total. The summed E-state index contributed by atoms with van der Waals surface area (Å²) < 4.78 is 11.1. The van der Waals surface area contributed by atoms with Gasteiger partial charge in [0.25, 0.3) is 5.91 Å². The first kappa shape index (κ1) is 17.7. The summed E-state index contributed by atoms with van der Waals surface area (Å²) in [6.07, 6.45) is 0. The molecular weight excluding hydrogens is 328 g/mol. The molecule has 1 amide bonds. The molecule has 0 radical (unpaired) electrons. The van der Waals surface area contributed by atoms with E-state index in [1.54, 1.807) is 7.11 Å². The minimum atomic E-state index is -0.206. The summed E-state index contributed by atoms with van der Waals surface area (Å²) in [6.45, 7) is 5.80. The maximum atomic E-state index is 12.3. The van der Waals surface area contributed by atoms with Gasteiger partial charge in [-0.05, 0) is 50.6 Å². The second-order valence-electron chi connectivity index (χ2n) is 6.30. The van der Waals surface area contributed by atoms with Crippen molar-refractivity contribution in [1.82, 2.24) is 4.98 Å². The standard InChI is InChI=1S/C21H22N2O3/c1-13-5-7-18(14(2)9-13)23-21(24)12-26-20-10-15(3)22-19-8-6-16(25-4)11-17(19)20/h5-11H,12H2,1-4H3,(H,23,24). The van der Waals surface area contributed by atoms with Gasteiger partial charge in [0.15, 0.2) is 6.61 Å². The third-order valence-electron chi connectivity index (χ3n) is 4.12. The van der Waals surface area contributed by atoms with Crippen LogP contribution in [0.1, 0.15) is 16.8 Å². The molecule has 0 saturated heterocycles. The largest absolute Gasteiger partial charge is 0.497 e. The Balaban J connectivity index is 1.77. The first-order chi connectivity index (χ1) is 12.5. The molecule has 1 N–H and O–H groups in total. The van der Waals surface area contributed by atoms with E-state index in [9.17, 15) is 4.79 Å². The smallest absolute Gasteiger partial charge is 0.262 e. The van der Waals surface area contributed by atoms with Gasteiger partial charge in [0.2, 0.25) is 0 Å². The number of pyridine rings is 1. The number of nitrogens with zero attached hydrogens (tertiary/aromatic N) is 1. The topological polar surface area (TPSA) is 60.5 Å². The zero-order valence-corrected chi connectivity index (χ0v) is 15.4. The van der Waals surface area contributed by atoms with E-state index >= 15 is 0 Å². The van der Waals surface area contributed by atoms with Crippen LogP contribution in [0.4, 0.5) is 5.69 Å². The molecule has 0 bridgehead atoms. The molecule has 0 unspecified atom stereocenters. The minimum Gasteiger partial charge on any atom is -0.497 e. The van der Waals surface area contributed by atoms with Crippen LogP contribution in [0.3, 0.4) is 0 Å². The van der Waals surface area contributed by atoms with Crippen LogP contribution >= 0.6 is 0 Å². The van der Waals surface area contributed by atoms with Crippen LogP contribution in [0.15, 0.2) is 42.5 Å². The summed E-state index contributed by atoms with van der Waals surface area (Å²) in [4.78, 5) is 16.8. The van der Waals surface area contributed by atoms with Crippen molar-refractivity contribution in [3.8, 4) is 11.5 Å². The number of ether oxygens (including phenoxy) is 2. The number of amides is 1. The average molecular weight is 350 g/mol. The summed E-state index contributed by atoms with van der Waals surface area (Å²) in [5.41, 5.74) is 4.60. The predicted octanol–water partition coefficient (Wildman–Crippen LogP) is 4.19. The molecule has 0 fully saturated rings. The third-order valence-corrected chi connectivity index (χ3v) is 4.12. The average Bonchev–Trinajstić information content (AvgIpc) is 2.61. The molecule has 0 aliphatic rings. The van der Waals surface area contributed by atoms with Crippen molar-refractivity contribution in [3.63, 3.8) is 0 Å². The second-order valence-corrected chi connectivity index (χ2v) is 6.30. The third kappa shape index (κ3) is 3.94. The lowest BCUT2D eigenvalue weighted by atomic mass is 10.1. The van der Waals surface area contributed by atoms with Crippen LogP contribution in [0.2, 0.25) is 0 Å². The van der Waals surface area contributed by atoms with Crippen LogP contribution in [0.25, 0.3) is 10.9 Å². The Labute approximate surface area is 153 Å². The lowest BCUT2D eigenvalue weighted by molar-refractivity contribution is -0.118. The van der Waals surface area contributed by atoms with Crippen molar-refractivity contribution < 1.29 is 14.3 Å². The number of hydrogen-bond acceptors (Lipinski definition) is 4. The Kier molecular flexibility index (Phi) is 5.07. The lowest BCUT2D eigenvalue weighted by Gasteiger charge is -2.12. The Morgan fingerprint density at radius 1 is 1.08 bits per heavy atom. The zero-order valence-electron chi connectivity index (χ0n) is 15.4. The van der Waals surface area contributed by atoms with Gasteiger partial charge in [0.1, 0.15) is 11.5 Å². The number of anilines is 1. The van der Waals surface area contributed by atoms with Crippen LogP contribution < -0.4 is 14.8 Å². The number of rotatable bonds is 5. The molecular formula is C21H22N2O3. The monoisotopic (exact) mass is 350 g/mol. The molecule has 0 aliphatic heterocycles. The van der Waals surface area contributed by atoms with Crippen molar-refractivity contribution in [3.05, 3.63) is 59.3 Å². The van der Waals surface area contributed by atoms with E-state index in [1.807, 2.05) is 63.2 Å². The molecule has 134 valence electrons. The Bertz CT molecular complexity index is 967. The SMILES string of the molecule is COc1ccc2nc(C)cc(OCC(=O)Nc3ccc(C)cc3C)c2c1. The normalized spacial score (nSPS) is 10.6. The first-order valence-corrected chi connectivity index (χ1v) is 8.41. The Morgan fingerprint density at radius 2 is 1.88 bits per heavy atom. The summed E-state index contributed by atoms with van der Waals surface area (Å²) in [7, 11) is 1.61. The van der Waals surface area contributed by atoms with Gasteiger partial charge in [-0.15, -0.1) is 0 Å². The first-order valence-electron chi connectivity index (χ1n) is 8.41. The van der Waals surface area contributed by atoms with Gasteiger partial charge < -0.3 is 14.8 Å². The fourth-order valence-electron chi connectivity index (χ4n) is 2.83. The van der Waals surface area contributed by atoms with Crippen molar-refractivity contribution in [2.45, 2.75) is 20.8 Å². The number of aromatic nitrogens is 1. The van der Waals surface area contributed by atoms with Gasteiger partial charge in [0, 0.05) is 22.8 Å². The van der Waals surface area contributed by atoms with E-state index in [0.717, 1.165) is 33.4 Å². The molecule has 0 atom stereocenters. The molecule has 5 heteroatoms. The maximum absolute atomic E-state index is 12.3. The molecule has 0 saturated carbocycles. The zero-order chi connectivity index (χ0) is 18.7. The fourth-order valence-corrected chi connectivity index (χ4v) is 2.83. The minimum absolute atomic E-state index is 0.0803. The highest BCUT2D eigenvalue weighted by atomic mass is 16.5. The van der Waals surface area contributed by atoms with Crippen molar-refractivity contribution in [2.75, 3.05) is 19.0 Å². The van der Waals surface area contributed by atoms with Crippen LogP contribution in [-0.2, 0) is 4.79 Å². The van der Waals surface area contributed by atoms with Gasteiger partial charge in [-0.2, -0.15) is 0 Å². The Hall–Kier alpha value is -3.08. The van der Waals surface area contributed by atoms with Crippen molar-refractivity contribution in [1.29, 1.82) is 0 Å². The highest BCUT2D eigenvalue weighted by Gasteiger charge is 2.10. The number of fused-ring (bicyclic) bond motifs is 1. The fraction of sp³-hybridized carbons (Fsp3) is 0.238. The molecule has 0 spiro atoms. The second kappa shape index (κ2) is 7.44. The molecule has 3 aromatic rings. The quantitative estimate of drug-likeness (QED) is 0.750. The van der Waals surface area contributed by atoms with E-state index in [1.165, 1.54) is 0 Å². The Morgan fingerprint density at radius 3 is 2.62 bits per heavy atom. The van der Waals surface area contributed by atoms with Crippen LogP contribution in [0.5, 0.6) is 11.5 Å². The van der Waals surface area contributed by atoms with Gasteiger partial charge in [-0.3, -0.25) is 9.78 Å². The van der Waals surface area contributed by atoms with Gasteiger partial charge in [-0.25, -0.2) is 0 Å². The number of methoxy groups -OCH3 is 1. The number of carbonyl (C=O) groups excluding carboxylic acids is 1. The molecule has 3 rings (SSSR count). The van der Waals surface area contributed by atoms with E-state index in [2.05, 4.69) is 10.3 Å². The predicted molar refractivity (Wildman–Crippen MR) is 103 cm³/mol. The summed E-state index contributed by atoms with van der Waals surface area (Å²) in [5, 5.41) is 3.70. The van der Waals surface area contributed by atoms with E-state index in [4.69, 9.17) is 9.47 Å². The molecule has 1 aromatic heterocycles. The highest BCUT2D eigenvalue weighted by molar-refractivity contribution is 5.93. The van der Waals surface area contributed by atoms with Crippen LogP contribution in [0, 0.1) is 20.8 Å². The summed E-state index contributed by atoms with van der Waals surface area (Å²) >= 11 is 0. The number of nitrogens with one attached hydrogen (secondary N) is 1. The summed E-state index contributed by atoms with van der Waals surface area (Å²) in [5.74, 6) is 1.12. The number of aryl methyl sites for hydroxylation is 3.